The van der Waals surface area contributed by atoms with Gasteiger partial charge in [-0.25, -0.2) is 4.79 Å². The molecule has 1 saturated heterocycles. The summed E-state index contributed by atoms with van der Waals surface area (Å²) in [5, 5.41) is 22.4. The van der Waals surface area contributed by atoms with E-state index in [1.165, 1.54) is 0 Å². The molecule has 0 amide bonds. The van der Waals surface area contributed by atoms with Crippen LogP contribution in [-0.4, -0.2) is 66.6 Å². The molecule has 20 heavy (non-hydrogen) atoms. The molecule has 3 N–H and O–H groups in total. The molecule has 0 radical (unpaired) electrons. The number of rotatable bonds is 7. The lowest BCUT2D eigenvalue weighted by atomic mass is 9.95. The number of nitrogens with one attached hydrogen (secondary N) is 1. The van der Waals surface area contributed by atoms with Crippen LogP contribution in [0.15, 0.2) is 11.8 Å². The third-order valence-corrected chi connectivity index (χ3v) is 3.80. The van der Waals surface area contributed by atoms with Crippen molar-refractivity contribution in [2.45, 2.75) is 32.4 Å². The van der Waals surface area contributed by atoms with Crippen molar-refractivity contribution in [1.82, 2.24) is 10.2 Å². The van der Waals surface area contributed by atoms with Crippen LogP contribution in [0.25, 0.3) is 0 Å². The minimum atomic E-state index is -0.921. The van der Waals surface area contributed by atoms with Gasteiger partial charge < -0.3 is 25.2 Å². The van der Waals surface area contributed by atoms with Gasteiger partial charge in [0.05, 0.1) is 19.3 Å². The molecular formula is C14H26N2O4. The van der Waals surface area contributed by atoms with E-state index in [-0.39, 0.29) is 12.0 Å². The predicted octanol–water partition coefficient (Wildman–Crippen LogP) is 0.282. The van der Waals surface area contributed by atoms with E-state index in [1.807, 2.05) is 18.7 Å². The molecule has 1 rings (SSSR count). The standard InChI is InChI=1S/C14H26N2O4/c1-10(13(17)11(2)15-3)4-5-12(14(18)19)16-6-8-20-9-7-16/h5,10-11,13,15,17H,4,6-9H2,1-3H3,(H,18,19). The maximum Gasteiger partial charge on any atom is 0.351 e. The molecule has 0 spiro atoms. The quantitative estimate of drug-likeness (QED) is 0.583. The van der Waals surface area contributed by atoms with Crippen molar-refractivity contribution in [3.8, 4) is 0 Å². The van der Waals surface area contributed by atoms with Crippen molar-refractivity contribution in [3.05, 3.63) is 11.8 Å². The normalized spacial score (nSPS) is 21.4. The molecule has 3 atom stereocenters. The first-order valence-corrected chi connectivity index (χ1v) is 7.08. The van der Waals surface area contributed by atoms with Gasteiger partial charge in [0.2, 0.25) is 0 Å². The van der Waals surface area contributed by atoms with E-state index in [2.05, 4.69) is 5.32 Å². The van der Waals surface area contributed by atoms with Gasteiger partial charge in [-0.1, -0.05) is 13.0 Å². The first kappa shape index (κ1) is 16.9. The van der Waals surface area contributed by atoms with E-state index < -0.39 is 12.1 Å². The van der Waals surface area contributed by atoms with Crippen molar-refractivity contribution in [3.63, 3.8) is 0 Å². The second-order valence-corrected chi connectivity index (χ2v) is 5.27. The second-order valence-electron chi connectivity index (χ2n) is 5.27. The topological polar surface area (TPSA) is 82.0 Å². The van der Waals surface area contributed by atoms with Crippen LogP contribution in [0.4, 0.5) is 0 Å². The monoisotopic (exact) mass is 286 g/mol. The fourth-order valence-electron chi connectivity index (χ4n) is 2.26. The summed E-state index contributed by atoms with van der Waals surface area (Å²) in [5.74, 6) is -0.928. The number of likely N-dealkylation sites (N-methyl/N-ethyl adjacent to an activating group) is 1. The number of aliphatic hydroxyl groups is 1. The highest BCUT2D eigenvalue weighted by molar-refractivity contribution is 5.85. The van der Waals surface area contributed by atoms with Crippen LogP contribution in [0, 0.1) is 5.92 Å². The SMILES string of the molecule is CNC(C)C(O)C(C)CC=C(C(=O)O)N1CCOCC1. The summed E-state index contributed by atoms with van der Waals surface area (Å²) >= 11 is 0. The molecule has 1 heterocycles. The molecule has 0 aromatic rings. The van der Waals surface area contributed by atoms with Crippen molar-refractivity contribution < 1.29 is 19.7 Å². The third kappa shape index (κ3) is 4.77. The van der Waals surface area contributed by atoms with E-state index in [1.54, 1.807) is 13.1 Å². The Labute approximate surface area is 120 Å². The van der Waals surface area contributed by atoms with Crippen molar-refractivity contribution in [2.24, 2.45) is 5.92 Å². The third-order valence-electron chi connectivity index (χ3n) is 3.80. The maximum atomic E-state index is 11.3. The Kier molecular flexibility index (Phi) is 6.98. The molecule has 6 heteroatoms. The number of carbonyl (C=O) groups is 1. The number of carboxylic acid groups (broad SMARTS) is 1. The number of hydrogen-bond acceptors (Lipinski definition) is 5. The van der Waals surface area contributed by atoms with Gasteiger partial charge >= 0.3 is 5.97 Å². The molecule has 1 aliphatic heterocycles. The van der Waals surface area contributed by atoms with Crippen molar-refractivity contribution in [1.29, 1.82) is 0 Å². The van der Waals surface area contributed by atoms with E-state index in [0.29, 0.717) is 38.4 Å². The minimum Gasteiger partial charge on any atom is -0.477 e. The fraction of sp³-hybridized carbons (Fsp3) is 0.786. The molecule has 116 valence electrons. The Bertz CT molecular complexity index is 340. The van der Waals surface area contributed by atoms with Gasteiger partial charge in [-0.15, -0.1) is 0 Å². The van der Waals surface area contributed by atoms with E-state index in [4.69, 9.17) is 4.74 Å². The van der Waals surface area contributed by atoms with Gasteiger partial charge in [-0.3, -0.25) is 0 Å². The zero-order valence-corrected chi connectivity index (χ0v) is 12.5. The van der Waals surface area contributed by atoms with Crippen LogP contribution in [0.2, 0.25) is 0 Å². The Morgan fingerprint density at radius 2 is 2.00 bits per heavy atom. The van der Waals surface area contributed by atoms with E-state index in [9.17, 15) is 15.0 Å². The highest BCUT2D eigenvalue weighted by Gasteiger charge is 2.22. The molecular weight excluding hydrogens is 260 g/mol. The van der Waals surface area contributed by atoms with Gasteiger partial charge in [-0.05, 0) is 26.3 Å². The molecule has 1 fully saturated rings. The number of morpholine rings is 1. The molecule has 0 aromatic heterocycles. The lowest BCUT2D eigenvalue weighted by Crippen LogP contribution is -2.39. The summed E-state index contributed by atoms with van der Waals surface area (Å²) in [6.07, 6.45) is 1.74. The molecule has 0 bridgehead atoms. The van der Waals surface area contributed by atoms with Crippen molar-refractivity contribution in [2.75, 3.05) is 33.4 Å². The van der Waals surface area contributed by atoms with Gasteiger partial charge in [-0.2, -0.15) is 0 Å². The number of hydrogen-bond donors (Lipinski definition) is 3. The Morgan fingerprint density at radius 1 is 1.40 bits per heavy atom. The molecule has 0 saturated carbocycles. The smallest absolute Gasteiger partial charge is 0.351 e. The number of carboxylic acids is 1. The van der Waals surface area contributed by atoms with Crippen LogP contribution >= 0.6 is 0 Å². The van der Waals surface area contributed by atoms with Gasteiger partial charge in [0.1, 0.15) is 5.70 Å². The first-order chi connectivity index (χ1) is 9.47. The Hall–Kier alpha value is -1.11. The minimum absolute atomic E-state index is 0.00663. The summed E-state index contributed by atoms with van der Waals surface area (Å²) in [7, 11) is 1.80. The number of aliphatic carboxylic acids is 1. The van der Waals surface area contributed by atoms with Crippen LogP contribution < -0.4 is 5.32 Å². The Balaban J connectivity index is 2.64. The number of nitrogens with zero attached hydrogens (tertiary/aromatic N) is 1. The second kappa shape index (κ2) is 8.24. The summed E-state index contributed by atoms with van der Waals surface area (Å²) in [6, 6.07) is -0.0185. The summed E-state index contributed by atoms with van der Waals surface area (Å²) in [5.41, 5.74) is 0.310. The van der Waals surface area contributed by atoms with E-state index in [0.717, 1.165) is 0 Å². The average molecular weight is 286 g/mol. The Morgan fingerprint density at radius 3 is 2.50 bits per heavy atom. The molecule has 0 aromatic carbocycles. The predicted molar refractivity (Wildman–Crippen MR) is 76.4 cm³/mol. The van der Waals surface area contributed by atoms with Gasteiger partial charge in [0.15, 0.2) is 0 Å². The largest absolute Gasteiger partial charge is 0.477 e. The van der Waals surface area contributed by atoms with Crippen LogP contribution in [0.3, 0.4) is 0 Å². The number of allylic oxidation sites excluding steroid dienone is 1. The summed E-state index contributed by atoms with van der Waals surface area (Å²) < 4.78 is 5.23. The van der Waals surface area contributed by atoms with Gasteiger partial charge in [0.25, 0.3) is 0 Å². The van der Waals surface area contributed by atoms with Crippen LogP contribution in [0.1, 0.15) is 20.3 Å². The highest BCUT2D eigenvalue weighted by Crippen LogP contribution is 2.16. The first-order valence-electron chi connectivity index (χ1n) is 7.08. The average Bonchev–Trinajstić information content (AvgIpc) is 2.46. The van der Waals surface area contributed by atoms with Gasteiger partial charge in [0, 0.05) is 19.1 Å². The maximum absolute atomic E-state index is 11.3. The molecule has 1 aliphatic rings. The number of ether oxygens (including phenoxy) is 1. The lowest BCUT2D eigenvalue weighted by molar-refractivity contribution is -0.135. The van der Waals surface area contributed by atoms with Crippen LogP contribution in [0.5, 0.6) is 0 Å². The molecule has 3 unspecified atom stereocenters. The number of aliphatic hydroxyl groups excluding tert-OH is 1. The van der Waals surface area contributed by atoms with E-state index >= 15 is 0 Å². The highest BCUT2D eigenvalue weighted by atomic mass is 16.5. The molecule has 0 aliphatic carbocycles. The zero-order valence-electron chi connectivity index (χ0n) is 12.5. The van der Waals surface area contributed by atoms with Crippen LogP contribution in [-0.2, 0) is 9.53 Å². The van der Waals surface area contributed by atoms with Crippen molar-refractivity contribution >= 4 is 5.97 Å². The lowest BCUT2D eigenvalue weighted by Gasteiger charge is -2.29. The summed E-state index contributed by atoms with van der Waals surface area (Å²) in [6.45, 7) is 6.14. The summed E-state index contributed by atoms with van der Waals surface area (Å²) in [4.78, 5) is 13.2. The molecule has 6 nitrogen and oxygen atoms in total. The zero-order chi connectivity index (χ0) is 15.1. The fourth-order valence-corrected chi connectivity index (χ4v) is 2.26.